The first-order chi connectivity index (χ1) is 10.1. The van der Waals surface area contributed by atoms with E-state index in [4.69, 9.17) is 5.26 Å². The van der Waals surface area contributed by atoms with Gasteiger partial charge in [0.1, 0.15) is 0 Å². The van der Waals surface area contributed by atoms with Gasteiger partial charge >= 0.3 is 5.97 Å². The van der Waals surface area contributed by atoms with E-state index in [9.17, 15) is 14.7 Å². The number of rotatable bonds is 5. The number of nitrogens with zero attached hydrogens (tertiary/aromatic N) is 1. The van der Waals surface area contributed by atoms with Gasteiger partial charge in [-0.3, -0.25) is 9.59 Å². The molecule has 21 heavy (non-hydrogen) atoms. The van der Waals surface area contributed by atoms with Gasteiger partial charge in [-0.15, -0.1) is 0 Å². The molecule has 1 aliphatic rings. The van der Waals surface area contributed by atoms with Crippen LogP contribution in [0.2, 0.25) is 0 Å². The van der Waals surface area contributed by atoms with E-state index in [-0.39, 0.29) is 12.3 Å². The number of carbonyl (C=O) groups excluding carboxylic acids is 1. The lowest BCUT2D eigenvalue weighted by Crippen LogP contribution is -2.35. The molecule has 1 aromatic rings. The standard InChI is InChI=1S/C16H18N2O3/c17-10-12-4-3-5-13(8-12)11-18-14(19)9-16(15(20)21)6-1-2-7-16/h3-5,8H,1-2,6-7,9,11H2,(H,18,19)(H,20,21). The van der Waals surface area contributed by atoms with Crippen molar-refractivity contribution in [3.63, 3.8) is 0 Å². The molecular formula is C16H18N2O3. The maximum Gasteiger partial charge on any atom is 0.310 e. The van der Waals surface area contributed by atoms with Crippen LogP contribution in [0.25, 0.3) is 0 Å². The smallest absolute Gasteiger partial charge is 0.310 e. The normalized spacial score (nSPS) is 16.1. The van der Waals surface area contributed by atoms with E-state index in [1.165, 1.54) is 0 Å². The Morgan fingerprint density at radius 2 is 2.05 bits per heavy atom. The molecule has 1 amide bonds. The molecule has 0 unspecified atom stereocenters. The highest BCUT2D eigenvalue weighted by Crippen LogP contribution is 2.41. The highest BCUT2D eigenvalue weighted by Gasteiger charge is 2.42. The number of hydrogen-bond acceptors (Lipinski definition) is 3. The Kier molecular flexibility index (Phi) is 4.59. The van der Waals surface area contributed by atoms with Crippen molar-refractivity contribution in [2.75, 3.05) is 0 Å². The average Bonchev–Trinajstić information content (AvgIpc) is 2.95. The molecule has 2 rings (SSSR count). The zero-order valence-electron chi connectivity index (χ0n) is 11.8. The lowest BCUT2D eigenvalue weighted by molar-refractivity contribution is -0.151. The largest absolute Gasteiger partial charge is 0.481 e. The molecule has 1 aliphatic carbocycles. The monoisotopic (exact) mass is 286 g/mol. The Labute approximate surface area is 123 Å². The van der Waals surface area contributed by atoms with E-state index in [2.05, 4.69) is 5.32 Å². The molecule has 1 saturated carbocycles. The zero-order valence-corrected chi connectivity index (χ0v) is 11.8. The van der Waals surface area contributed by atoms with Crippen molar-refractivity contribution < 1.29 is 14.7 Å². The number of nitriles is 1. The second kappa shape index (κ2) is 6.40. The van der Waals surface area contributed by atoms with Crippen molar-refractivity contribution in [1.29, 1.82) is 5.26 Å². The molecule has 5 nitrogen and oxygen atoms in total. The predicted octanol–water partition coefficient (Wildman–Crippen LogP) is 2.21. The fourth-order valence-electron chi connectivity index (χ4n) is 2.84. The molecule has 0 aliphatic heterocycles. The van der Waals surface area contributed by atoms with E-state index in [0.29, 0.717) is 24.9 Å². The number of amides is 1. The number of benzene rings is 1. The van der Waals surface area contributed by atoms with E-state index in [0.717, 1.165) is 18.4 Å². The first kappa shape index (κ1) is 15.0. The van der Waals surface area contributed by atoms with E-state index in [1.807, 2.05) is 12.1 Å². The third-order valence-corrected chi connectivity index (χ3v) is 4.06. The molecule has 0 bridgehead atoms. The van der Waals surface area contributed by atoms with E-state index < -0.39 is 11.4 Å². The summed E-state index contributed by atoms with van der Waals surface area (Å²) in [6.07, 6.45) is 2.90. The molecule has 110 valence electrons. The maximum absolute atomic E-state index is 12.0. The van der Waals surface area contributed by atoms with Gasteiger partial charge in [0.05, 0.1) is 17.0 Å². The molecule has 0 aromatic heterocycles. The van der Waals surface area contributed by atoms with Crippen LogP contribution in [0.5, 0.6) is 0 Å². The lowest BCUT2D eigenvalue weighted by Gasteiger charge is -2.22. The summed E-state index contributed by atoms with van der Waals surface area (Å²) in [5, 5.41) is 20.9. The average molecular weight is 286 g/mol. The van der Waals surface area contributed by atoms with Crippen LogP contribution in [0.1, 0.15) is 43.2 Å². The number of carboxylic acid groups (broad SMARTS) is 1. The van der Waals surface area contributed by atoms with Crippen molar-refractivity contribution >= 4 is 11.9 Å². The molecule has 0 saturated heterocycles. The SMILES string of the molecule is N#Cc1cccc(CNC(=O)CC2(C(=O)O)CCCC2)c1. The number of aliphatic carboxylic acids is 1. The Hall–Kier alpha value is -2.35. The van der Waals surface area contributed by atoms with Gasteiger partial charge in [-0.1, -0.05) is 25.0 Å². The highest BCUT2D eigenvalue weighted by molar-refractivity contribution is 5.85. The second-order valence-corrected chi connectivity index (χ2v) is 5.56. The zero-order chi connectivity index (χ0) is 15.3. The first-order valence-corrected chi connectivity index (χ1v) is 7.05. The van der Waals surface area contributed by atoms with Gasteiger partial charge in [0.15, 0.2) is 0 Å². The minimum absolute atomic E-state index is 0.0280. The first-order valence-electron chi connectivity index (χ1n) is 7.05. The lowest BCUT2D eigenvalue weighted by atomic mass is 9.82. The van der Waals surface area contributed by atoms with Gasteiger partial charge in [0.2, 0.25) is 5.91 Å². The predicted molar refractivity (Wildman–Crippen MR) is 76.2 cm³/mol. The summed E-state index contributed by atoms with van der Waals surface area (Å²) in [6, 6.07) is 9.04. The molecule has 0 heterocycles. The van der Waals surface area contributed by atoms with Crippen LogP contribution in [0.4, 0.5) is 0 Å². The fourth-order valence-corrected chi connectivity index (χ4v) is 2.84. The van der Waals surface area contributed by atoms with Crippen molar-refractivity contribution in [2.45, 2.75) is 38.6 Å². The Morgan fingerprint density at radius 3 is 2.67 bits per heavy atom. The third-order valence-electron chi connectivity index (χ3n) is 4.06. The van der Waals surface area contributed by atoms with Gasteiger partial charge in [-0.05, 0) is 30.5 Å². The quantitative estimate of drug-likeness (QED) is 0.868. The molecule has 0 spiro atoms. The number of carboxylic acids is 1. The van der Waals surface area contributed by atoms with Crippen LogP contribution in [-0.4, -0.2) is 17.0 Å². The minimum Gasteiger partial charge on any atom is -0.481 e. The van der Waals surface area contributed by atoms with Crippen LogP contribution in [0.15, 0.2) is 24.3 Å². The van der Waals surface area contributed by atoms with Crippen LogP contribution >= 0.6 is 0 Å². The van der Waals surface area contributed by atoms with Gasteiger partial charge in [0, 0.05) is 13.0 Å². The van der Waals surface area contributed by atoms with Crippen molar-refractivity contribution in [3.8, 4) is 6.07 Å². The molecule has 2 N–H and O–H groups in total. The molecule has 0 atom stereocenters. The molecular weight excluding hydrogens is 268 g/mol. The second-order valence-electron chi connectivity index (χ2n) is 5.56. The van der Waals surface area contributed by atoms with Crippen LogP contribution in [0, 0.1) is 16.7 Å². The summed E-state index contributed by atoms with van der Waals surface area (Å²) in [7, 11) is 0. The molecule has 1 fully saturated rings. The van der Waals surface area contributed by atoms with Gasteiger partial charge in [0.25, 0.3) is 0 Å². The van der Waals surface area contributed by atoms with Crippen molar-refractivity contribution in [2.24, 2.45) is 5.41 Å². The summed E-state index contributed by atoms with van der Waals surface area (Å²) in [4.78, 5) is 23.4. The van der Waals surface area contributed by atoms with Crippen LogP contribution in [-0.2, 0) is 16.1 Å². The number of nitrogens with one attached hydrogen (secondary N) is 1. The van der Waals surface area contributed by atoms with Gasteiger partial charge in [-0.2, -0.15) is 5.26 Å². The fraction of sp³-hybridized carbons (Fsp3) is 0.438. The summed E-state index contributed by atoms with van der Waals surface area (Å²) in [5.74, 6) is -1.12. The van der Waals surface area contributed by atoms with E-state index in [1.54, 1.807) is 18.2 Å². The van der Waals surface area contributed by atoms with Gasteiger partial charge in [-0.25, -0.2) is 0 Å². The van der Waals surface area contributed by atoms with Crippen molar-refractivity contribution in [3.05, 3.63) is 35.4 Å². The molecule has 5 heteroatoms. The number of hydrogen-bond donors (Lipinski definition) is 2. The van der Waals surface area contributed by atoms with Gasteiger partial charge < -0.3 is 10.4 Å². The Morgan fingerprint density at radius 1 is 1.33 bits per heavy atom. The molecule has 1 aromatic carbocycles. The summed E-state index contributed by atoms with van der Waals surface area (Å²) >= 11 is 0. The van der Waals surface area contributed by atoms with Crippen LogP contribution < -0.4 is 5.32 Å². The highest BCUT2D eigenvalue weighted by atomic mass is 16.4. The topological polar surface area (TPSA) is 90.2 Å². The minimum atomic E-state index is -0.890. The Bertz CT molecular complexity index is 583. The molecule has 0 radical (unpaired) electrons. The van der Waals surface area contributed by atoms with Crippen molar-refractivity contribution in [1.82, 2.24) is 5.32 Å². The van der Waals surface area contributed by atoms with E-state index >= 15 is 0 Å². The summed E-state index contributed by atoms with van der Waals surface area (Å²) < 4.78 is 0. The summed E-state index contributed by atoms with van der Waals surface area (Å²) in [5.41, 5.74) is 0.483. The third kappa shape index (κ3) is 3.60. The maximum atomic E-state index is 12.0. The Balaban J connectivity index is 1.93. The van der Waals surface area contributed by atoms with Crippen LogP contribution in [0.3, 0.4) is 0 Å². The summed E-state index contributed by atoms with van der Waals surface area (Å²) in [6.45, 7) is 0.310. The number of carbonyl (C=O) groups is 2.